The molecule has 0 heterocycles. The van der Waals surface area contributed by atoms with Crippen LogP contribution in [0.1, 0.15) is 16.7 Å². The second-order valence-corrected chi connectivity index (χ2v) is 8.65. The van der Waals surface area contributed by atoms with Gasteiger partial charge in [0, 0.05) is 32.2 Å². The molecule has 172 valence electrons. The van der Waals surface area contributed by atoms with Crippen LogP contribution < -0.4 is 19.5 Å². The Bertz CT molecular complexity index is 1030. The van der Waals surface area contributed by atoms with Gasteiger partial charge in [0.2, 0.25) is 0 Å². The Labute approximate surface area is 213 Å². The zero-order valence-electron chi connectivity index (χ0n) is 17.8. The smallest absolute Gasteiger partial charge is 0.160 e. The lowest BCUT2D eigenvalue weighted by atomic mass is 10.1. The summed E-state index contributed by atoms with van der Waals surface area (Å²) in [5.41, 5.74) is 3.13. The molecule has 0 aliphatic heterocycles. The van der Waals surface area contributed by atoms with Gasteiger partial charge in [-0.3, -0.25) is 0 Å². The summed E-state index contributed by atoms with van der Waals surface area (Å²) < 4.78 is 17.7. The lowest BCUT2D eigenvalue weighted by molar-refractivity contribution is 0.302. The van der Waals surface area contributed by atoms with Gasteiger partial charge in [0.25, 0.3) is 0 Å². The molecular formula is C24H25BrCl3NO3. The van der Waals surface area contributed by atoms with Gasteiger partial charge < -0.3 is 19.5 Å². The van der Waals surface area contributed by atoms with E-state index in [0.717, 1.165) is 45.8 Å². The monoisotopic (exact) mass is 559 g/mol. The molecule has 3 rings (SSSR count). The van der Waals surface area contributed by atoms with E-state index in [4.69, 9.17) is 37.4 Å². The minimum absolute atomic E-state index is 0. The van der Waals surface area contributed by atoms with Gasteiger partial charge in [-0.15, -0.1) is 12.4 Å². The Kier molecular flexibility index (Phi) is 11.0. The third kappa shape index (κ3) is 7.46. The quantitative estimate of drug-likeness (QED) is 0.268. The summed E-state index contributed by atoms with van der Waals surface area (Å²) in [7, 11) is 3.28. The van der Waals surface area contributed by atoms with Gasteiger partial charge in [-0.2, -0.15) is 0 Å². The number of hydrogen-bond donors (Lipinski definition) is 1. The highest BCUT2D eigenvalue weighted by molar-refractivity contribution is 9.10. The summed E-state index contributed by atoms with van der Waals surface area (Å²) in [6, 6.07) is 17.4. The van der Waals surface area contributed by atoms with Gasteiger partial charge in [-0.05, 0) is 61.0 Å². The molecule has 0 spiro atoms. The molecule has 0 bridgehead atoms. The maximum absolute atomic E-state index is 6.26. The maximum Gasteiger partial charge on any atom is 0.160 e. The zero-order valence-corrected chi connectivity index (χ0v) is 21.7. The fourth-order valence-corrected chi connectivity index (χ4v) is 3.98. The van der Waals surface area contributed by atoms with Gasteiger partial charge in [0.1, 0.15) is 12.4 Å². The number of halogens is 4. The van der Waals surface area contributed by atoms with Gasteiger partial charge in [0.15, 0.2) is 11.5 Å². The Morgan fingerprint density at radius 2 is 1.59 bits per heavy atom. The summed E-state index contributed by atoms with van der Waals surface area (Å²) >= 11 is 15.8. The van der Waals surface area contributed by atoms with Crippen molar-refractivity contribution in [3.8, 4) is 17.2 Å². The van der Waals surface area contributed by atoms with Crippen molar-refractivity contribution in [3.05, 3.63) is 85.8 Å². The lowest BCUT2D eigenvalue weighted by Gasteiger charge is -2.14. The number of nitrogens with one attached hydrogen (secondary N) is 1. The topological polar surface area (TPSA) is 39.7 Å². The number of benzene rings is 3. The average Bonchev–Trinajstić information content (AvgIpc) is 2.77. The second-order valence-electron chi connectivity index (χ2n) is 6.89. The molecule has 0 aromatic heterocycles. The normalized spacial score (nSPS) is 10.4. The number of hydrogen-bond acceptors (Lipinski definition) is 4. The van der Waals surface area contributed by atoms with Gasteiger partial charge >= 0.3 is 0 Å². The molecule has 0 radical (unpaired) electrons. The van der Waals surface area contributed by atoms with Crippen molar-refractivity contribution >= 4 is 51.5 Å². The molecular weight excluding hydrogens is 537 g/mol. The largest absolute Gasteiger partial charge is 0.493 e. The van der Waals surface area contributed by atoms with Crippen molar-refractivity contribution < 1.29 is 14.2 Å². The summed E-state index contributed by atoms with van der Waals surface area (Å²) in [5.74, 6) is 2.28. The van der Waals surface area contributed by atoms with E-state index in [-0.39, 0.29) is 12.4 Å². The first kappa shape index (κ1) is 26.6. The van der Waals surface area contributed by atoms with Gasteiger partial charge in [-0.25, -0.2) is 0 Å². The molecule has 0 aliphatic rings. The van der Waals surface area contributed by atoms with E-state index < -0.39 is 0 Å². The first-order valence-electron chi connectivity index (χ1n) is 9.77. The van der Waals surface area contributed by atoms with Crippen LogP contribution in [0.25, 0.3) is 0 Å². The van der Waals surface area contributed by atoms with Crippen LogP contribution in [0.2, 0.25) is 10.0 Å². The van der Waals surface area contributed by atoms with Crippen LogP contribution in [0.3, 0.4) is 0 Å². The molecule has 0 amide bonds. The van der Waals surface area contributed by atoms with E-state index in [1.165, 1.54) is 5.56 Å². The Morgan fingerprint density at radius 3 is 2.31 bits per heavy atom. The second kappa shape index (κ2) is 13.2. The first-order valence-corrected chi connectivity index (χ1v) is 11.3. The Hall–Kier alpha value is -1.63. The van der Waals surface area contributed by atoms with E-state index in [1.54, 1.807) is 20.3 Å². The fraction of sp³-hybridized carbons (Fsp3) is 0.250. The summed E-state index contributed by atoms with van der Waals surface area (Å²) in [5, 5.41) is 4.69. The van der Waals surface area contributed by atoms with E-state index in [2.05, 4.69) is 27.3 Å². The summed E-state index contributed by atoms with van der Waals surface area (Å²) in [6.07, 6.45) is 0.866. The van der Waals surface area contributed by atoms with E-state index in [1.807, 2.05) is 42.5 Å². The van der Waals surface area contributed by atoms with Crippen LogP contribution in [0, 0.1) is 0 Å². The molecule has 3 aromatic carbocycles. The third-order valence-electron chi connectivity index (χ3n) is 4.77. The van der Waals surface area contributed by atoms with Crippen LogP contribution in [-0.2, 0) is 19.6 Å². The van der Waals surface area contributed by atoms with E-state index in [9.17, 15) is 0 Å². The molecule has 4 nitrogen and oxygen atoms in total. The van der Waals surface area contributed by atoms with Gasteiger partial charge in [0.05, 0.1) is 14.2 Å². The van der Waals surface area contributed by atoms with Crippen LogP contribution in [0.5, 0.6) is 17.2 Å². The molecule has 3 aromatic rings. The zero-order chi connectivity index (χ0) is 22.2. The molecule has 1 N–H and O–H groups in total. The molecule has 0 aliphatic carbocycles. The van der Waals surface area contributed by atoms with E-state index >= 15 is 0 Å². The Balaban J connectivity index is 0.00000363. The third-order valence-corrected chi connectivity index (χ3v) is 5.85. The van der Waals surface area contributed by atoms with Crippen molar-refractivity contribution in [3.63, 3.8) is 0 Å². The summed E-state index contributed by atoms with van der Waals surface area (Å²) in [6.45, 7) is 1.86. The predicted octanol–water partition coefficient (Wildman–Crippen LogP) is 7.11. The van der Waals surface area contributed by atoms with Crippen LogP contribution in [-0.4, -0.2) is 20.8 Å². The molecule has 8 heteroatoms. The first-order chi connectivity index (χ1) is 15.0. The molecule has 32 heavy (non-hydrogen) atoms. The molecule has 0 saturated carbocycles. The van der Waals surface area contributed by atoms with Crippen molar-refractivity contribution in [1.29, 1.82) is 0 Å². The highest BCUT2D eigenvalue weighted by Gasteiger charge is 2.08. The summed E-state index contributed by atoms with van der Waals surface area (Å²) in [4.78, 5) is 0. The van der Waals surface area contributed by atoms with Crippen LogP contribution in [0.4, 0.5) is 0 Å². The fourth-order valence-electron chi connectivity index (χ4n) is 3.11. The Morgan fingerprint density at radius 1 is 0.844 bits per heavy atom. The van der Waals surface area contributed by atoms with Crippen molar-refractivity contribution in [2.75, 3.05) is 20.8 Å². The lowest BCUT2D eigenvalue weighted by Crippen LogP contribution is -2.17. The number of rotatable bonds is 10. The number of methoxy groups -OCH3 is 2. The van der Waals surface area contributed by atoms with Gasteiger partial charge in [-0.1, -0.05) is 51.3 Å². The molecule has 0 fully saturated rings. The van der Waals surface area contributed by atoms with E-state index in [0.29, 0.717) is 23.2 Å². The minimum Gasteiger partial charge on any atom is -0.493 e. The maximum atomic E-state index is 6.26. The van der Waals surface area contributed by atoms with Crippen LogP contribution in [0.15, 0.2) is 59.1 Å². The number of ether oxygens (including phenoxy) is 3. The van der Waals surface area contributed by atoms with Crippen molar-refractivity contribution in [2.24, 2.45) is 0 Å². The minimum atomic E-state index is 0. The molecule has 0 saturated heterocycles. The standard InChI is InChI=1S/C24H24BrCl2NO3.ClH/c1-29-23-7-3-16(11-24(23)30-2)9-10-28-14-18-12-19(25)5-8-22(18)31-15-17-4-6-20(26)13-21(17)27;/h3-8,11-13,28H,9-10,14-15H2,1-2H3;1H. The molecule has 0 unspecified atom stereocenters. The average molecular weight is 562 g/mol. The predicted molar refractivity (Wildman–Crippen MR) is 137 cm³/mol. The van der Waals surface area contributed by atoms with Crippen molar-refractivity contribution in [2.45, 2.75) is 19.6 Å². The highest BCUT2D eigenvalue weighted by atomic mass is 79.9. The highest BCUT2D eigenvalue weighted by Crippen LogP contribution is 2.28. The van der Waals surface area contributed by atoms with Crippen molar-refractivity contribution in [1.82, 2.24) is 5.32 Å². The van der Waals surface area contributed by atoms with Crippen LogP contribution >= 0.6 is 51.5 Å². The SMILES string of the molecule is COc1ccc(CCNCc2cc(Br)ccc2OCc2ccc(Cl)cc2Cl)cc1OC.Cl. The molecule has 0 atom stereocenters.